The molecular weight excluding hydrogens is 388 g/mol. The van der Waals surface area contributed by atoms with Crippen molar-refractivity contribution in [1.29, 1.82) is 0 Å². The average molecular weight is 403 g/mol. The van der Waals surface area contributed by atoms with E-state index in [1.165, 1.54) is 16.2 Å². The first-order valence-corrected chi connectivity index (χ1v) is 11.3. The van der Waals surface area contributed by atoms with Crippen molar-refractivity contribution in [3.63, 3.8) is 0 Å². The Morgan fingerprint density at radius 1 is 1.28 bits per heavy atom. The van der Waals surface area contributed by atoms with Crippen molar-refractivity contribution in [2.45, 2.75) is 6.92 Å². The molecule has 0 spiro atoms. The first-order valence-electron chi connectivity index (χ1n) is 7.53. The van der Waals surface area contributed by atoms with Gasteiger partial charge in [-0.1, -0.05) is 6.07 Å². The summed E-state index contributed by atoms with van der Waals surface area (Å²) in [6.07, 6.45) is 4.09. The zero-order valence-electron chi connectivity index (χ0n) is 13.5. The highest BCUT2D eigenvalue weighted by molar-refractivity contribution is 8.07. The fourth-order valence-electron chi connectivity index (χ4n) is 2.56. The van der Waals surface area contributed by atoms with E-state index in [9.17, 15) is 4.79 Å². The van der Waals surface area contributed by atoms with Crippen molar-refractivity contribution in [1.82, 2.24) is 9.97 Å². The molecule has 4 aromatic heterocycles. The van der Waals surface area contributed by atoms with Gasteiger partial charge in [0.2, 0.25) is 0 Å². The van der Waals surface area contributed by atoms with Crippen LogP contribution < -0.4 is 5.56 Å². The smallest absolute Gasteiger partial charge is 0.260 e. The molecule has 4 heterocycles. The molecule has 0 atom stereocenters. The third kappa shape index (κ3) is 3.25. The first kappa shape index (κ1) is 16.8. The van der Waals surface area contributed by atoms with Crippen LogP contribution in [0.2, 0.25) is 0 Å². The van der Waals surface area contributed by atoms with Crippen molar-refractivity contribution < 1.29 is 0 Å². The zero-order chi connectivity index (χ0) is 17.4. The molecule has 25 heavy (non-hydrogen) atoms. The maximum Gasteiger partial charge on any atom is 0.260 e. The van der Waals surface area contributed by atoms with Crippen molar-refractivity contribution >= 4 is 67.0 Å². The maximum absolute atomic E-state index is 12.7. The highest BCUT2D eigenvalue weighted by atomic mass is 32.2. The van der Waals surface area contributed by atoms with Gasteiger partial charge in [0.15, 0.2) is 0 Å². The number of H-pyrrole nitrogens is 1. The molecule has 0 radical (unpaired) electrons. The Balaban J connectivity index is 1.84. The fourth-order valence-corrected chi connectivity index (χ4v) is 5.76. The van der Waals surface area contributed by atoms with Gasteiger partial charge in [0.05, 0.1) is 10.3 Å². The molecule has 3 nitrogen and oxygen atoms in total. The van der Waals surface area contributed by atoms with E-state index in [1.807, 2.05) is 29.1 Å². The molecule has 1 N–H and O–H groups in total. The molecule has 0 amide bonds. The number of hydrogen-bond donors (Lipinski definition) is 1. The minimum absolute atomic E-state index is 0.0769. The van der Waals surface area contributed by atoms with Gasteiger partial charge in [0.25, 0.3) is 5.56 Å². The number of hydrogen-bond acceptors (Lipinski definition) is 6. The summed E-state index contributed by atoms with van der Waals surface area (Å²) in [5.74, 6) is 0.635. The SMILES string of the molecule is CS/C(=C\c1ccc(C)s1)c1nc2scc(-c3cccs3)c2c(=O)[nH]1. The van der Waals surface area contributed by atoms with Gasteiger partial charge in [0, 0.05) is 25.6 Å². The highest BCUT2D eigenvalue weighted by Gasteiger charge is 2.15. The number of aromatic nitrogens is 2. The van der Waals surface area contributed by atoms with Gasteiger partial charge >= 0.3 is 0 Å². The van der Waals surface area contributed by atoms with E-state index in [4.69, 9.17) is 4.98 Å². The molecule has 0 aliphatic carbocycles. The number of fused-ring (bicyclic) bond motifs is 1. The number of thiophene rings is 3. The summed E-state index contributed by atoms with van der Waals surface area (Å²) in [5.41, 5.74) is 0.894. The molecule has 126 valence electrons. The molecule has 0 aliphatic rings. The highest BCUT2D eigenvalue weighted by Crippen LogP contribution is 2.35. The molecule has 0 aromatic carbocycles. The van der Waals surface area contributed by atoms with E-state index >= 15 is 0 Å². The Morgan fingerprint density at radius 2 is 2.16 bits per heavy atom. The molecule has 0 bridgehead atoms. The Morgan fingerprint density at radius 3 is 2.84 bits per heavy atom. The molecule has 0 unspecified atom stereocenters. The van der Waals surface area contributed by atoms with Crippen LogP contribution in [0.1, 0.15) is 15.6 Å². The van der Waals surface area contributed by atoms with Gasteiger partial charge < -0.3 is 4.98 Å². The number of nitrogens with one attached hydrogen (secondary N) is 1. The van der Waals surface area contributed by atoms with Crippen molar-refractivity contribution in [3.05, 3.63) is 61.0 Å². The van der Waals surface area contributed by atoms with Gasteiger partial charge in [0.1, 0.15) is 10.7 Å². The lowest BCUT2D eigenvalue weighted by Gasteiger charge is -2.04. The van der Waals surface area contributed by atoms with E-state index in [2.05, 4.69) is 30.1 Å². The molecule has 0 aliphatic heterocycles. The predicted octanol–water partition coefficient (Wildman–Crippen LogP) is 5.94. The largest absolute Gasteiger partial charge is 0.305 e. The number of rotatable bonds is 4. The van der Waals surface area contributed by atoms with E-state index in [-0.39, 0.29) is 5.56 Å². The monoisotopic (exact) mass is 402 g/mol. The van der Waals surface area contributed by atoms with Crippen LogP contribution in [0.5, 0.6) is 0 Å². The van der Waals surface area contributed by atoms with E-state index < -0.39 is 0 Å². The zero-order valence-corrected chi connectivity index (χ0v) is 16.8. The number of nitrogens with zero attached hydrogens (tertiary/aromatic N) is 1. The number of aromatic amines is 1. The van der Waals surface area contributed by atoms with Crippen LogP contribution in [0.15, 0.2) is 39.8 Å². The number of thioether (sulfide) groups is 1. The summed E-state index contributed by atoms with van der Waals surface area (Å²) < 4.78 is 0. The Bertz CT molecular complexity index is 1120. The standard InChI is InChI=1S/C18H14N2OS4/c1-10-5-6-11(25-10)8-14(22-2)16-19-17(21)15-12(9-24-18(15)20-16)13-4-3-7-23-13/h3-9H,1-2H3,(H,19,20,21)/b14-8-. The molecule has 4 rings (SSSR count). The average Bonchev–Trinajstić information content (AvgIpc) is 3.32. The third-order valence-electron chi connectivity index (χ3n) is 3.72. The van der Waals surface area contributed by atoms with Gasteiger partial charge in [-0.15, -0.1) is 45.8 Å². The second kappa shape index (κ2) is 6.92. The van der Waals surface area contributed by atoms with Gasteiger partial charge in [-0.3, -0.25) is 4.79 Å². The van der Waals surface area contributed by atoms with Crippen molar-refractivity contribution in [2.24, 2.45) is 0 Å². The minimum Gasteiger partial charge on any atom is -0.305 e. The molecule has 0 fully saturated rings. The summed E-state index contributed by atoms with van der Waals surface area (Å²) in [4.78, 5) is 25.7. The Labute approximate surface area is 161 Å². The lowest BCUT2D eigenvalue weighted by Crippen LogP contribution is -2.10. The molecule has 7 heteroatoms. The Hall–Kier alpha value is -1.67. The lowest BCUT2D eigenvalue weighted by atomic mass is 10.2. The van der Waals surface area contributed by atoms with E-state index in [1.54, 1.807) is 34.4 Å². The van der Waals surface area contributed by atoms with E-state index in [0.29, 0.717) is 11.2 Å². The number of aryl methyl sites for hydroxylation is 1. The normalized spacial score (nSPS) is 12.2. The summed E-state index contributed by atoms with van der Waals surface area (Å²) >= 11 is 6.48. The maximum atomic E-state index is 12.7. The van der Waals surface area contributed by atoms with Crippen LogP contribution in [0, 0.1) is 6.92 Å². The quantitative estimate of drug-likeness (QED) is 0.459. The second-order valence-electron chi connectivity index (χ2n) is 5.38. The fraction of sp³-hybridized carbons (Fsp3) is 0.111. The molecule has 4 aromatic rings. The van der Waals surface area contributed by atoms with Gasteiger partial charge in [-0.05, 0) is 42.8 Å². The minimum atomic E-state index is -0.0769. The van der Waals surface area contributed by atoms with Crippen LogP contribution in [0.4, 0.5) is 0 Å². The van der Waals surface area contributed by atoms with E-state index in [0.717, 1.165) is 25.1 Å². The summed E-state index contributed by atoms with van der Waals surface area (Å²) in [7, 11) is 0. The molecule has 0 saturated heterocycles. The molecule has 0 saturated carbocycles. The lowest BCUT2D eigenvalue weighted by molar-refractivity contribution is 1.15. The van der Waals surface area contributed by atoms with Crippen LogP contribution in [-0.4, -0.2) is 16.2 Å². The van der Waals surface area contributed by atoms with Crippen LogP contribution in [-0.2, 0) is 0 Å². The predicted molar refractivity (Wildman–Crippen MR) is 114 cm³/mol. The van der Waals surface area contributed by atoms with Crippen molar-refractivity contribution in [3.8, 4) is 10.4 Å². The topological polar surface area (TPSA) is 45.8 Å². The second-order valence-corrected chi connectivity index (χ2v) is 9.36. The Kier molecular flexibility index (Phi) is 4.64. The van der Waals surface area contributed by atoms with Crippen LogP contribution in [0.25, 0.3) is 31.6 Å². The van der Waals surface area contributed by atoms with Crippen LogP contribution >= 0.6 is 45.8 Å². The first-order chi connectivity index (χ1) is 12.2. The van der Waals surface area contributed by atoms with Crippen molar-refractivity contribution in [2.75, 3.05) is 6.26 Å². The summed E-state index contributed by atoms with van der Waals surface area (Å²) in [5, 5.41) is 4.73. The summed E-state index contributed by atoms with van der Waals surface area (Å²) in [6.45, 7) is 2.09. The van der Waals surface area contributed by atoms with Gasteiger partial charge in [-0.2, -0.15) is 0 Å². The van der Waals surface area contributed by atoms with Gasteiger partial charge in [-0.25, -0.2) is 4.98 Å². The summed E-state index contributed by atoms with van der Waals surface area (Å²) in [6, 6.07) is 8.22. The van der Waals surface area contributed by atoms with Crippen LogP contribution in [0.3, 0.4) is 0 Å². The third-order valence-corrected chi connectivity index (χ3v) is 7.19. The molecular formula is C18H14N2OS4.